The minimum Gasteiger partial charge on any atom is -0.456 e. The van der Waals surface area contributed by atoms with Crippen LogP contribution < -0.4 is 4.90 Å². The highest BCUT2D eigenvalue weighted by molar-refractivity contribution is 6.20. The van der Waals surface area contributed by atoms with Crippen molar-refractivity contribution >= 4 is 60.9 Å². The second-order valence-electron chi connectivity index (χ2n) is 19.2. The van der Waals surface area contributed by atoms with Gasteiger partial charge in [0.2, 0.25) is 0 Å². The fourth-order valence-corrected chi connectivity index (χ4v) is 11.6. The third kappa shape index (κ3) is 5.48. The summed E-state index contributed by atoms with van der Waals surface area (Å²) in [5.41, 5.74) is 20.5. The Morgan fingerprint density at radius 3 is 1.52 bits per heavy atom. The van der Waals surface area contributed by atoms with Gasteiger partial charge >= 0.3 is 0 Å². The molecule has 0 saturated heterocycles. The van der Waals surface area contributed by atoms with Gasteiger partial charge in [0.1, 0.15) is 22.3 Å². The van der Waals surface area contributed by atoms with Gasteiger partial charge in [-0.1, -0.05) is 161 Å². The molecule has 2 aliphatic rings. The summed E-state index contributed by atoms with van der Waals surface area (Å²) in [6.45, 7) is 9.65. The van der Waals surface area contributed by atoms with E-state index in [1.807, 2.05) is 0 Å². The first kappa shape index (κ1) is 37.9. The summed E-state index contributed by atoms with van der Waals surface area (Å²) in [6.07, 6.45) is 0.865. The summed E-state index contributed by atoms with van der Waals surface area (Å²) < 4.78 is 14.2. The summed E-state index contributed by atoms with van der Waals surface area (Å²) in [4.78, 5) is 2.40. The van der Waals surface area contributed by atoms with E-state index in [1.165, 1.54) is 66.6 Å². The Bertz CT molecular complexity index is 3630. The second kappa shape index (κ2) is 13.9. The molecule has 3 nitrogen and oxygen atoms in total. The summed E-state index contributed by atoms with van der Waals surface area (Å²) in [6, 6.07) is 70.6. The molecule has 2 heterocycles. The topological polar surface area (TPSA) is 29.5 Å². The average molecular weight is 838 g/mol. The zero-order valence-electron chi connectivity index (χ0n) is 37.0. The molecule has 0 fully saturated rings. The monoisotopic (exact) mass is 837 g/mol. The molecule has 0 aliphatic heterocycles. The van der Waals surface area contributed by atoms with E-state index in [4.69, 9.17) is 8.83 Å². The summed E-state index contributed by atoms with van der Waals surface area (Å²) in [7, 11) is 0. The van der Waals surface area contributed by atoms with Gasteiger partial charge in [-0.05, 0) is 117 Å². The lowest BCUT2D eigenvalue weighted by Crippen LogP contribution is -2.18. The Labute approximate surface area is 379 Å². The molecule has 0 amide bonds. The standard InChI is InChI=1S/C62H47NO2/c1-61(2)48-36-47-49(62(3,4)51-37-52(57-42-29-17-19-31-53(42)65-60(57)56(47)51)63(40-25-13-7-14-26-40)41-27-15-8-16-28-41)35-46(48)55-50(61)34-45(59-58(55)43-30-18-20-32-54(43)64-59)44(39-23-11-6-12-24-39)33-38-21-9-5-10-22-38/h5-32,34-37,44H,33H2,1-4H3. The number of benzene rings is 9. The SMILES string of the molecule is CC1(C)c2cc3c(cc2-c2c1cc(N(c1ccccc1)c1ccccc1)c1c2oc2ccccc21)C(C)(C)c1cc(C(Cc2ccccc2)c2ccccc2)c2oc4ccccc4c2c1-3. The maximum absolute atomic E-state index is 7.13. The highest BCUT2D eigenvalue weighted by atomic mass is 16.3. The van der Waals surface area contributed by atoms with Crippen LogP contribution in [-0.2, 0) is 17.3 Å². The Morgan fingerprint density at radius 2 is 0.923 bits per heavy atom. The normalized spacial score (nSPS) is 14.7. The molecule has 0 spiro atoms. The number of hydrogen-bond acceptors (Lipinski definition) is 3. The van der Waals surface area contributed by atoms with Crippen LogP contribution in [0.15, 0.2) is 203 Å². The van der Waals surface area contributed by atoms with Crippen LogP contribution in [0.1, 0.15) is 72.6 Å². The van der Waals surface area contributed by atoms with Crippen LogP contribution >= 0.6 is 0 Å². The van der Waals surface area contributed by atoms with Crippen LogP contribution in [-0.4, -0.2) is 0 Å². The van der Waals surface area contributed by atoms with Crippen molar-refractivity contribution < 1.29 is 8.83 Å². The second-order valence-corrected chi connectivity index (χ2v) is 19.2. The zero-order chi connectivity index (χ0) is 43.6. The number of hydrogen-bond donors (Lipinski definition) is 0. The molecule has 9 aromatic carbocycles. The van der Waals surface area contributed by atoms with E-state index in [2.05, 4.69) is 227 Å². The van der Waals surface area contributed by atoms with E-state index < -0.39 is 0 Å². The van der Waals surface area contributed by atoms with Gasteiger partial charge in [-0.25, -0.2) is 0 Å². The van der Waals surface area contributed by atoms with Gasteiger partial charge in [0, 0.05) is 55.4 Å². The van der Waals surface area contributed by atoms with E-state index in [9.17, 15) is 0 Å². The molecule has 11 aromatic rings. The third-order valence-electron chi connectivity index (χ3n) is 14.8. The van der Waals surface area contributed by atoms with Crippen molar-refractivity contribution in [3.63, 3.8) is 0 Å². The molecule has 0 radical (unpaired) electrons. The van der Waals surface area contributed by atoms with Crippen LogP contribution in [0, 0.1) is 0 Å². The molecule has 0 saturated carbocycles. The maximum atomic E-state index is 7.13. The predicted octanol–water partition coefficient (Wildman–Crippen LogP) is 16.9. The van der Waals surface area contributed by atoms with E-state index in [0.29, 0.717) is 0 Å². The van der Waals surface area contributed by atoms with Crippen molar-refractivity contribution in [1.29, 1.82) is 0 Å². The van der Waals surface area contributed by atoms with E-state index in [0.717, 1.165) is 62.0 Å². The first-order valence-corrected chi connectivity index (χ1v) is 22.9. The van der Waals surface area contributed by atoms with Gasteiger partial charge in [-0.15, -0.1) is 0 Å². The van der Waals surface area contributed by atoms with Crippen LogP contribution in [0.2, 0.25) is 0 Å². The number of fused-ring (bicyclic) bond motifs is 14. The first-order chi connectivity index (χ1) is 31.8. The summed E-state index contributed by atoms with van der Waals surface area (Å²) in [5, 5.41) is 4.61. The zero-order valence-corrected chi connectivity index (χ0v) is 37.0. The quantitative estimate of drug-likeness (QED) is 0.160. The lowest BCUT2D eigenvalue weighted by molar-refractivity contribution is 0.643. The van der Waals surface area contributed by atoms with Crippen molar-refractivity contribution in [3.8, 4) is 22.3 Å². The van der Waals surface area contributed by atoms with E-state index in [1.54, 1.807) is 0 Å². The molecule has 2 aromatic heterocycles. The largest absolute Gasteiger partial charge is 0.456 e. The third-order valence-corrected chi connectivity index (χ3v) is 14.8. The average Bonchev–Trinajstić information content (AvgIpc) is 4.04. The van der Waals surface area contributed by atoms with Crippen LogP contribution in [0.4, 0.5) is 17.1 Å². The molecule has 1 unspecified atom stereocenters. The van der Waals surface area contributed by atoms with Gasteiger partial charge in [0.15, 0.2) is 0 Å². The molecule has 1 atom stereocenters. The first-order valence-electron chi connectivity index (χ1n) is 22.9. The molecule has 312 valence electrons. The minimum atomic E-state index is -0.348. The molecule has 13 rings (SSSR count). The summed E-state index contributed by atoms with van der Waals surface area (Å²) in [5.74, 6) is 0.0872. The lowest BCUT2D eigenvalue weighted by Gasteiger charge is -2.29. The van der Waals surface area contributed by atoms with Crippen molar-refractivity contribution in [2.24, 2.45) is 0 Å². The fraction of sp³-hybridized carbons (Fsp3) is 0.129. The van der Waals surface area contributed by atoms with Crippen molar-refractivity contribution in [3.05, 3.63) is 233 Å². The maximum Gasteiger partial charge on any atom is 0.145 e. The van der Waals surface area contributed by atoms with Crippen LogP contribution in [0.5, 0.6) is 0 Å². The molecule has 0 N–H and O–H groups in total. The van der Waals surface area contributed by atoms with Gasteiger partial charge in [-0.2, -0.15) is 0 Å². The van der Waals surface area contributed by atoms with Crippen molar-refractivity contribution in [1.82, 2.24) is 0 Å². The number of rotatable bonds is 7. The molecule has 3 heteroatoms. The number of anilines is 3. The Kier molecular flexibility index (Phi) is 8.13. The fourth-order valence-electron chi connectivity index (χ4n) is 11.6. The smallest absolute Gasteiger partial charge is 0.145 e. The molecular formula is C62H47NO2. The highest BCUT2D eigenvalue weighted by Gasteiger charge is 2.45. The van der Waals surface area contributed by atoms with E-state index >= 15 is 0 Å². The van der Waals surface area contributed by atoms with Gasteiger partial charge < -0.3 is 13.7 Å². The van der Waals surface area contributed by atoms with Crippen LogP contribution in [0.3, 0.4) is 0 Å². The summed E-state index contributed by atoms with van der Waals surface area (Å²) >= 11 is 0. The minimum absolute atomic E-state index is 0.0872. The van der Waals surface area contributed by atoms with Crippen molar-refractivity contribution in [2.75, 3.05) is 4.90 Å². The van der Waals surface area contributed by atoms with Gasteiger partial charge in [0.05, 0.1) is 11.1 Å². The number of furan rings is 2. The van der Waals surface area contributed by atoms with Crippen LogP contribution in [0.25, 0.3) is 66.1 Å². The van der Waals surface area contributed by atoms with Gasteiger partial charge in [-0.3, -0.25) is 0 Å². The molecule has 2 aliphatic carbocycles. The van der Waals surface area contributed by atoms with E-state index in [-0.39, 0.29) is 16.7 Å². The predicted molar refractivity (Wildman–Crippen MR) is 269 cm³/mol. The van der Waals surface area contributed by atoms with Crippen molar-refractivity contribution in [2.45, 2.75) is 50.9 Å². The number of para-hydroxylation sites is 4. The lowest BCUT2D eigenvalue weighted by atomic mass is 9.78. The molecular weight excluding hydrogens is 791 g/mol. The Morgan fingerprint density at radius 1 is 0.446 bits per heavy atom. The van der Waals surface area contributed by atoms with Gasteiger partial charge in [0.25, 0.3) is 0 Å². The molecule has 65 heavy (non-hydrogen) atoms. The Hall–Kier alpha value is -7.62. The Balaban J connectivity index is 1.08. The highest BCUT2D eigenvalue weighted by Crippen LogP contribution is 2.61. The number of nitrogens with zero attached hydrogens (tertiary/aromatic N) is 1. The molecule has 0 bridgehead atoms.